The van der Waals surface area contributed by atoms with Gasteiger partial charge in [-0.2, -0.15) is 5.10 Å². The van der Waals surface area contributed by atoms with Crippen molar-refractivity contribution >= 4 is 5.78 Å². The first-order valence-electron chi connectivity index (χ1n) is 5.62. The van der Waals surface area contributed by atoms with Crippen molar-refractivity contribution < 1.29 is 4.79 Å². The lowest BCUT2D eigenvalue weighted by atomic mass is 10.1. The Morgan fingerprint density at radius 2 is 2.06 bits per heavy atom. The highest BCUT2D eigenvalue weighted by Gasteiger charge is 2.12. The van der Waals surface area contributed by atoms with Crippen molar-refractivity contribution in [2.75, 3.05) is 0 Å². The van der Waals surface area contributed by atoms with Crippen LogP contribution in [-0.2, 0) is 6.54 Å². The molecule has 0 unspecified atom stereocenters. The molecule has 2 heterocycles. The first kappa shape index (κ1) is 11.5. The average Bonchev–Trinajstić information content (AvgIpc) is 2.77. The van der Waals surface area contributed by atoms with E-state index in [2.05, 4.69) is 10.1 Å². The molecule has 17 heavy (non-hydrogen) atoms. The summed E-state index contributed by atoms with van der Waals surface area (Å²) >= 11 is 0. The zero-order valence-corrected chi connectivity index (χ0v) is 10.00. The van der Waals surface area contributed by atoms with Crippen LogP contribution in [0.1, 0.15) is 29.8 Å². The van der Waals surface area contributed by atoms with Crippen LogP contribution < -0.4 is 0 Å². The highest BCUT2D eigenvalue weighted by Crippen LogP contribution is 2.08. The SMILES string of the molecule is CC(C)C(=O)c1cnn(Cc2ccncc2)c1. The minimum atomic E-state index is 0.00794. The number of hydrogen-bond acceptors (Lipinski definition) is 3. The van der Waals surface area contributed by atoms with Gasteiger partial charge < -0.3 is 0 Å². The molecule has 2 rings (SSSR count). The number of ketones is 1. The first-order chi connectivity index (χ1) is 8.16. The van der Waals surface area contributed by atoms with E-state index in [0.29, 0.717) is 12.1 Å². The summed E-state index contributed by atoms with van der Waals surface area (Å²) in [4.78, 5) is 15.7. The molecule has 0 radical (unpaired) electrons. The van der Waals surface area contributed by atoms with Crippen molar-refractivity contribution in [1.29, 1.82) is 0 Å². The monoisotopic (exact) mass is 229 g/mol. The van der Waals surface area contributed by atoms with E-state index in [1.807, 2.05) is 26.0 Å². The Labute approximate surface area is 100 Å². The Kier molecular flexibility index (Phi) is 3.32. The summed E-state index contributed by atoms with van der Waals surface area (Å²) in [5.41, 5.74) is 1.79. The molecular weight excluding hydrogens is 214 g/mol. The minimum absolute atomic E-state index is 0.00794. The van der Waals surface area contributed by atoms with Crippen molar-refractivity contribution in [2.24, 2.45) is 5.92 Å². The van der Waals surface area contributed by atoms with Gasteiger partial charge in [0.25, 0.3) is 0 Å². The molecule has 0 bridgehead atoms. The molecule has 0 amide bonds. The molecule has 0 fully saturated rings. The third kappa shape index (κ3) is 2.78. The summed E-state index contributed by atoms with van der Waals surface area (Å²) in [6, 6.07) is 3.87. The fraction of sp³-hybridized carbons (Fsp3) is 0.308. The lowest BCUT2D eigenvalue weighted by molar-refractivity contribution is 0.0939. The van der Waals surface area contributed by atoms with E-state index >= 15 is 0 Å². The Hall–Kier alpha value is -1.97. The van der Waals surface area contributed by atoms with Gasteiger partial charge in [0.2, 0.25) is 0 Å². The molecule has 2 aromatic heterocycles. The number of carbonyl (C=O) groups excluding carboxylic acids is 1. The number of hydrogen-bond donors (Lipinski definition) is 0. The van der Waals surface area contributed by atoms with E-state index in [-0.39, 0.29) is 11.7 Å². The largest absolute Gasteiger partial charge is 0.294 e. The van der Waals surface area contributed by atoms with Gasteiger partial charge in [0.05, 0.1) is 18.3 Å². The predicted octanol–water partition coefficient (Wildman–Crippen LogP) is 2.17. The third-order valence-electron chi connectivity index (χ3n) is 2.54. The molecular formula is C13H15N3O. The fourth-order valence-electron chi connectivity index (χ4n) is 1.59. The molecule has 0 N–H and O–H groups in total. The second-order valence-electron chi connectivity index (χ2n) is 4.30. The lowest BCUT2D eigenvalue weighted by Gasteiger charge is -2.01. The molecule has 0 aliphatic heterocycles. The number of pyridine rings is 1. The molecule has 0 saturated heterocycles. The number of nitrogens with zero attached hydrogens (tertiary/aromatic N) is 3. The predicted molar refractivity (Wildman–Crippen MR) is 64.7 cm³/mol. The summed E-state index contributed by atoms with van der Waals surface area (Å²) in [6.45, 7) is 4.44. The maximum absolute atomic E-state index is 11.7. The van der Waals surface area contributed by atoms with Gasteiger partial charge in [-0.15, -0.1) is 0 Å². The Morgan fingerprint density at radius 1 is 1.35 bits per heavy atom. The first-order valence-corrected chi connectivity index (χ1v) is 5.62. The van der Waals surface area contributed by atoms with Gasteiger partial charge in [-0.05, 0) is 17.7 Å². The second kappa shape index (κ2) is 4.91. The van der Waals surface area contributed by atoms with Gasteiger partial charge in [-0.25, -0.2) is 0 Å². The summed E-state index contributed by atoms with van der Waals surface area (Å²) in [6.07, 6.45) is 6.92. The summed E-state index contributed by atoms with van der Waals surface area (Å²) in [5.74, 6) is 0.138. The van der Waals surface area contributed by atoms with E-state index in [9.17, 15) is 4.79 Å². The zero-order chi connectivity index (χ0) is 12.3. The highest BCUT2D eigenvalue weighted by molar-refractivity contribution is 5.96. The molecule has 0 aromatic carbocycles. The Bertz CT molecular complexity index is 502. The molecule has 0 aliphatic carbocycles. The Balaban J connectivity index is 2.12. The van der Waals surface area contributed by atoms with Crippen LogP contribution in [0.3, 0.4) is 0 Å². The van der Waals surface area contributed by atoms with Crippen LogP contribution in [0.4, 0.5) is 0 Å². The van der Waals surface area contributed by atoms with Crippen LogP contribution in [0.15, 0.2) is 36.9 Å². The summed E-state index contributed by atoms with van der Waals surface area (Å²) < 4.78 is 1.77. The van der Waals surface area contributed by atoms with Crippen LogP contribution in [-0.4, -0.2) is 20.5 Å². The molecule has 0 spiro atoms. The van der Waals surface area contributed by atoms with E-state index in [1.54, 1.807) is 29.5 Å². The van der Waals surface area contributed by atoms with Gasteiger partial charge in [-0.3, -0.25) is 14.5 Å². The maximum Gasteiger partial charge on any atom is 0.168 e. The second-order valence-corrected chi connectivity index (χ2v) is 4.30. The van der Waals surface area contributed by atoms with Crippen LogP contribution in [0, 0.1) is 5.92 Å². The van der Waals surface area contributed by atoms with Gasteiger partial charge >= 0.3 is 0 Å². The summed E-state index contributed by atoms with van der Waals surface area (Å²) in [7, 11) is 0. The lowest BCUT2D eigenvalue weighted by Crippen LogP contribution is -2.06. The molecule has 4 heteroatoms. The molecule has 0 atom stereocenters. The van der Waals surface area contributed by atoms with Gasteiger partial charge in [0.1, 0.15) is 0 Å². The molecule has 0 aliphatic rings. The summed E-state index contributed by atoms with van der Waals surface area (Å²) in [5, 5.41) is 4.19. The van der Waals surface area contributed by atoms with E-state index < -0.39 is 0 Å². The molecule has 2 aromatic rings. The Morgan fingerprint density at radius 3 is 2.71 bits per heavy atom. The molecule has 0 saturated carbocycles. The van der Waals surface area contributed by atoms with Crippen LogP contribution in [0.5, 0.6) is 0 Å². The van der Waals surface area contributed by atoms with Crippen LogP contribution in [0.25, 0.3) is 0 Å². The van der Waals surface area contributed by atoms with Crippen LogP contribution in [0.2, 0.25) is 0 Å². The number of rotatable bonds is 4. The smallest absolute Gasteiger partial charge is 0.168 e. The number of aromatic nitrogens is 3. The van der Waals surface area contributed by atoms with Crippen molar-refractivity contribution in [1.82, 2.24) is 14.8 Å². The zero-order valence-electron chi connectivity index (χ0n) is 10.00. The maximum atomic E-state index is 11.7. The molecule has 88 valence electrons. The topological polar surface area (TPSA) is 47.8 Å². The fourth-order valence-corrected chi connectivity index (χ4v) is 1.59. The standard InChI is InChI=1S/C13H15N3O/c1-10(2)13(17)12-7-15-16(9-12)8-11-3-5-14-6-4-11/h3-7,9-10H,8H2,1-2H3. The number of carbonyl (C=O) groups is 1. The van der Waals surface area contributed by atoms with E-state index in [1.165, 1.54) is 0 Å². The average molecular weight is 229 g/mol. The van der Waals surface area contributed by atoms with Gasteiger partial charge in [0.15, 0.2) is 5.78 Å². The third-order valence-corrected chi connectivity index (χ3v) is 2.54. The van der Waals surface area contributed by atoms with Crippen molar-refractivity contribution in [3.8, 4) is 0 Å². The highest BCUT2D eigenvalue weighted by atomic mass is 16.1. The van der Waals surface area contributed by atoms with Crippen molar-refractivity contribution in [3.05, 3.63) is 48.0 Å². The van der Waals surface area contributed by atoms with Gasteiger partial charge in [-0.1, -0.05) is 13.8 Å². The van der Waals surface area contributed by atoms with Crippen molar-refractivity contribution in [2.45, 2.75) is 20.4 Å². The molecule has 4 nitrogen and oxygen atoms in total. The van der Waals surface area contributed by atoms with Gasteiger partial charge in [0, 0.05) is 24.5 Å². The van der Waals surface area contributed by atoms with Crippen LogP contribution >= 0.6 is 0 Å². The van der Waals surface area contributed by atoms with Crippen molar-refractivity contribution in [3.63, 3.8) is 0 Å². The normalized spacial score (nSPS) is 10.8. The van der Waals surface area contributed by atoms with E-state index in [4.69, 9.17) is 0 Å². The quantitative estimate of drug-likeness (QED) is 0.755. The minimum Gasteiger partial charge on any atom is -0.294 e. The van der Waals surface area contributed by atoms with E-state index in [0.717, 1.165) is 5.56 Å². The number of Topliss-reactive ketones (excluding diaryl/α,β-unsaturated/α-hetero) is 1.